The lowest BCUT2D eigenvalue weighted by Gasteiger charge is -2.15. The van der Waals surface area contributed by atoms with Gasteiger partial charge in [0.05, 0.1) is 6.61 Å². The summed E-state index contributed by atoms with van der Waals surface area (Å²) in [5, 5.41) is 10.1. The Morgan fingerprint density at radius 2 is 2.47 bits per heavy atom. The minimum absolute atomic E-state index is 0.0870. The van der Waals surface area contributed by atoms with Crippen LogP contribution in [-0.4, -0.2) is 46.6 Å². The molecule has 1 aromatic heterocycles. The number of rotatable bonds is 3. The summed E-state index contributed by atoms with van der Waals surface area (Å²) in [4.78, 5) is 18.6. The van der Waals surface area contributed by atoms with Crippen LogP contribution < -0.4 is 11.4 Å². The highest BCUT2D eigenvalue weighted by atomic mass is 16.6. The second kappa shape index (κ2) is 5.36. The molecule has 8 heteroatoms. The largest absolute Gasteiger partial charge is 0.383 e. The van der Waals surface area contributed by atoms with Crippen molar-refractivity contribution in [3.63, 3.8) is 0 Å². The number of hydrogen-bond donors (Lipinski definition) is 2. The Bertz CT molecular complexity index is 552. The van der Waals surface area contributed by atoms with Gasteiger partial charge >= 0.3 is 5.69 Å². The van der Waals surface area contributed by atoms with E-state index in [1.165, 1.54) is 19.4 Å². The summed E-state index contributed by atoms with van der Waals surface area (Å²) in [5.41, 5.74) is 4.76. The number of nitrogens with zero attached hydrogens (tertiary/aromatic N) is 3. The first-order valence-electron chi connectivity index (χ1n) is 5.62. The Kier molecular flexibility index (Phi) is 3.80. The van der Waals surface area contributed by atoms with Gasteiger partial charge in [-0.15, -0.1) is 0 Å². The highest BCUT2D eigenvalue weighted by Crippen LogP contribution is 2.30. The van der Waals surface area contributed by atoms with E-state index in [0.29, 0.717) is 0 Å². The Morgan fingerprint density at radius 3 is 3.05 bits per heavy atom. The van der Waals surface area contributed by atoms with Crippen LogP contribution in [0.2, 0.25) is 0 Å². The number of anilines is 1. The molecule has 4 atom stereocenters. The summed E-state index contributed by atoms with van der Waals surface area (Å²) in [6.07, 6.45) is -1.29. The molecule has 1 fully saturated rings. The molecule has 0 amide bonds. The molecule has 0 spiro atoms. The Balaban J connectivity index is 2.31. The molecule has 0 saturated carbocycles. The maximum absolute atomic E-state index is 11.7. The Hall–Kier alpha value is -1.95. The molecular weight excluding hydrogens is 252 g/mol. The van der Waals surface area contributed by atoms with Gasteiger partial charge in [0.15, 0.2) is 18.4 Å². The quantitative estimate of drug-likeness (QED) is 0.681. The highest BCUT2D eigenvalue weighted by molar-refractivity contribution is 5.23. The molecule has 0 unspecified atom stereocenters. The van der Waals surface area contributed by atoms with Crippen molar-refractivity contribution < 1.29 is 14.6 Å². The summed E-state index contributed by atoms with van der Waals surface area (Å²) < 4.78 is 11.6. The van der Waals surface area contributed by atoms with Crippen LogP contribution in [0.3, 0.4) is 0 Å². The summed E-state index contributed by atoms with van der Waals surface area (Å²) >= 11 is 0. The number of aliphatic hydroxyl groups excluding tert-OH is 1. The lowest BCUT2D eigenvalue weighted by molar-refractivity contribution is -0.0582. The Labute approximate surface area is 109 Å². The second-order valence-corrected chi connectivity index (χ2v) is 4.17. The van der Waals surface area contributed by atoms with E-state index in [9.17, 15) is 9.90 Å². The lowest BCUT2D eigenvalue weighted by atomic mass is 10.1. The predicted molar refractivity (Wildman–Crippen MR) is 65.1 cm³/mol. The van der Waals surface area contributed by atoms with E-state index in [0.717, 1.165) is 4.57 Å². The number of hydrogen-bond acceptors (Lipinski definition) is 6. The third-order valence-corrected chi connectivity index (χ3v) is 2.94. The van der Waals surface area contributed by atoms with Crippen molar-refractivity contribution in [2.75, 3.05) is 19.5 Å². The van der Waals surface area contributed by atoms with Gasteiger partial charge < -0.3 is 25.2 Å². The van der Waals surface area contributed by atoms with Crippen molar-refractivity contribution in [3.8, 4) is 0 Å². The molecular formula is C11H14N4O4. The van der Waals surface area contributed by atoms with Crippen LogP contribution in [0.5, 0.6) is 0 Å². The molecule has 2 heterocycles. The van der Waals surface area contributed by atoms with Crippen molar-refractivity contribution in [2.24, 2.45) is 0 Å². The fraction of sp³-hybridized carbons (Fsp3) is 0.545. The molecule has 1 aliphatic heterocycles. The number of aromatic nitrogens is 2. The van der Waals surface area contributed by atoms with Crippen LogP contribution in [0.25, 0.3) is 4.85 Å². The molecule has 0 radical (unpaired) electrons. The maximum atomic E-state index is 11.7. The zero-order chi connectivity index (χ0) is 14.0. The van der Waals surface area contributed by atoms with Gasteiger partial charge in [-0.1, -0.05) is 0 Å². The highest BCUT2D eigenvalue weighted by Gasteiger charge is 2.49. The second-order valence-electron chi connectivity index (χ2n) is 4.17. The minimum Gasteiger partial charge on any atom is -0.383 e. The SMILES string of the molecule is [C-]#[N+][C@H]1[C@H](O)[C@H](n2ccc(N)nc2=O)O[C@@H]1COC. The normalized spacial score (nSPS) is 30.2. The summed E-state index contributed by atoms with van der Waals surface area (Å²) in [6.45, 7) is 7.25. The van der Waals surface area contributed by atoms with E-state index in [1.807, 2.05) is 0 Å². The first-order chi connectivity index (χ1) is 9.08. The van der Waals surface area contributed by atoms with Crippen LogP contribution >= 0.6 is 0 Å². The van der Waals surface area contributed by atoms with Crippen LogP contribution in [0.4, 0.5) is 5.82 Å². The van der Waals surface area contributed by atoms with Crippen molar-refractivity contribution >= 4 is 5.82 Å². The zero-order valence-corrected chi connectivity index (χ0v) is 10.3. The van der Waals surface area contributed by atoms with Crippen LogP contribution in [-0.2, 0) is 9.47 Å². The van der Waals surface area contributed by atoms with Crippen molar-refractivity contribution in [1.82, 2.24) is 9.55 Å². The van der Waals surface area contributed by atoms with Crippen LogP contribution in [0.1, 0.15) is 6.23 Å². The molecule has 1 aromatic rings. The third kappa shape index (κ3) is 2.44. The van der Waals surface area contributed by atoms with Gasteiger partial charge in [0.1, 0.15) is 5.82 Å². The first kappa shape index (κ1) is 13.5. The number of nitrogen functional groups attached to an aromatic ring is 1. The van der Waals surface area contributed by atoms with Gasteiger partial charge in [-0.2, -0.15) is 4.98 Å². The summed E-state index contributed by atoms with van der Waals surface area (Å²) in [5.74, 6) is 0.0870. The molecule has 0 aliphatic carbocycles. The molecule has 1 saturated heterocycles. The van der Waals surface area contributed by atoms with E-state index in [1.54, 1.807) is 0 Å². The molecule has 3 N–H and O–H groups in total. The summed E-state index contributed by atoms with van der Waals surface area (Å²) in [6, 6.07) is 0.642. The van der Waals surface area contributed by atoms with Gasteiger partial charge in [0.2, 0.25) is 0 Å². The zero-order valence-electron chi connectivity index (χ0n) is 10.3. The number of aliphatic hydroxyl groups is 1. The van der Waals surface area contributed by atoms with Gasteiger partial charge in [0, 0.05) is 13.3 Å². The monoisotopic (exact) mass is 266 g/mol. The molecule has 8 nitrogen and oxygen atoms in total. The van der Waals surface area contributed by atoms with E-state index < -0.39 is 30.2 Å². The first-order valence-corrected chi connectivity index (χ1v) is 5.62. The molecule has 0 bridgehead atoms. The number of ether oxygens (including phenoxy) is 2. The van der Waals surface area contributed by atoms with Gasteiger partial charge in [0.25, 0.3) is 6.04 Å². The molecule has 19 heavy (non-hydrogen) atoms. The lowest BCUT2D eigenvalue weighted by Crippen LogP contribution is -2.34. The standard InChI is InChI=1S/C11H14N4O4/c1-13-8-6(5-18-2)19-10(9(8)16)15-4-3-7(12)14-11(15)17/h3-4,6,8-10,16H,5H2,2H3,(H2,12,14,17)/t6-,8-,9+,10-/m1/s1. The van der Waals surface area contributed by atoms with Gasteiger partial charge in [-0.3, -0.25) is 4.57 Å². The Morgan fingerprint density at radius 1 is 1.74 bits per heavy atom. The molecule has 1 aliphatic rings. The minimum atomic E-state index is -1.12. The van der Waals surface area contributed by atoms with E-state index >= 15 is 0 Å². The van der Waals surface area contributed by atoms with Gasteiger partial charge in [-0.05, 0) is 6.07 Å². The molecule has 2 rings (SSSR count). The number of methoxy groups -OCH3 is 1. The fourth-order valence-electron chi connectivity index (χ4n) is 2.04. The maximum Gasteiger partial charge on any atom is 0.351 e. The van der Waals surface area contributed by atoms with Crippen molar-refractivity contribution in [3.05, 3.63) is 34.2 Å². The molecule has 0 aromatic carbocycles. The van der Waals surface area contributed by atoms with Crippen molar-refractivity contribution in [1.29, 1.82) is 0 Å². The van der Waals surface area contributed by atoms with E-state index in [2.05, 4.69) is 9.83 Å². The van der Waals surface area contributed by atoms with Crippen LogP contribution in [0, 0.1) is 6.57 Å². The third-order valence-electron chi connectivity index (χ3n) is 2.94. The average Bonchev–Trinajstić information content (AvgIpc) is 2.66. The van der Waals surface area contributed by atoms with E-state index in [4.69, 9.17) is 21.8 Å². The smallest absolute Gasteiger partial charge is 0.351 e. The molecule has 102 valence electrons. The number of nitrogens with two attached hydrogens (primary N) is 1. The van der Waals surface area contributed by atoms with Crippen LogP contribution in [0.15, 0.2) is 17.1 Å². The predicted octanol–water partition coefficient (Wildman–Crippen LogP) is -0.982. The fourth-order valence-corrected chi connectivity index (χ4v) is 2.04. The average molecular weight is 266 g/mol. The van der Waals surface area contributed by atoms with Gasteiger partial charge in [-0.25, -0.2) is 11.4 Å². The summed E-state index contributed by atoms with van der Waals surface area (Å²) in [7, 11) is 1.47. The van der Waals surface area contributed by atoms with E-state index in [-0.39, 0.29) is 12.4 Å². The topological polar surface area (TPSA) is 104 Å². The van der Waals surface area contributed by atoms with Crippen molar-refractivity contribution in [2.45, 2.75) is 24.5 Å².